The zero-order chi connectivity index (χ0) is 13.1. The molecule has 3 heterocycles. The van der Waals surface area contributed by atoms with Gasteiger partial charge in [0, 0.05) is 37.1 Å². The van der Waals surface area contributed by atoms with Crippen molar-refractivity contribution in [3.63, 3.8) is 0 Å². The van der Waals surface area contributed by atoms with E-state index in [1.54, 1.807) is 0 Å². The Balaban J connectivity index is 1.55. The van der Waals surface area contributed by atoms with Gasteiger partial charge in [0.1, 0.15) is 0 Å². The molecule has 2 atom stereocenters. The van der Waals surface area contributed by atoms with Crippen molar-refractivity contribution < 1.29 is 0 Å². The number of nitrogens with one attached hydrogen (secondary N) is 1. The second kappa shape index (κ2) is 6.02. The third kappa shape index (κ3) is 3.15. The van der Waals surface area contributed by atoms with Crippen molar-refractivity contribution in [2.75, 3.05) is 13.1 Å². The van der Waals surface area contributed by atoms with E-state index in [1.807, 2.05) is 12.4 Å². The third-order valence-corrected chi connectivity index (χ3v) is 4.81. The minimum Gasteiger partial charge on any atom is -0.311 e. The normalized spacial score (nSPS) is 29.9. The van der Waals surface area contributed by atoms with E-state index in [4.69, 9.17) is 0 Å². The molecule has 2 bridgehead atoms. The Morgan fingerprint density at radius 3 is 2.53 bits per heavy atom. The fourth-order valence-corrected chi connectivity index (χ4v) is 3.75. The highest BCUT2D eigenvalue weighted by Crippen LogP contribution is 2.29. The smallest absolute Gasteiger partial charge is 0.0270 e. The van der Waals surface area contributed by atoms with E-state index in [9.17, 15) is 0 Å². The zero-order valence-corrected chi connectivity index (χ0v) is 11.9. The first kappa shape index (κ1) is 13.1. The Morgan fingerprint density at radius 1 is 1.21 bits per heavy atom. The SMILES string of the molecule is CCN(CCc1ccncc1)C1CC2CCC(C1)N2. The largest absolute Gasteiger partial charge is 0.311 e. The molecular weight excluding hydrogens is 234 g/mol. The molecule has 1 aromatic heterocycles. The average Bonchev–Trinajstić information content (AvgIpc) is 2.79. The minimum absolute atomic E-state index is 0.790. The van der Waals surface area contributed by atoms with Crippen molar-refractivity contribution in [3.8, 4) is 0 Å². The van der Waals surface area contributed by atoms with E-state index in [1.165, 1.54) is 44.3 Å². The lowest BCUT2D eigenvalue weighted by atomic mass is 9.97. The van der Waals surface area contributed by atoms with E-state index in [2.05, 4.69) is 34.3 Å². The molecule has 0 spiro atoms. The summed E-state index contributed by atoms with van der Waals surface area (Å²) in [7, 11) is 0. The van der Waals surface area contributed by atoms with Crippen LogP contribution in [0.25, 0.3) is 0 Å². The summed E-state index contributed by atoms with van der Waals surface area (Å²) < 4.78 is 0. The van der Waals surface area contributed by atoms with Crippen molar-refractivity contribution in [1.82, 2.24) is 15.2 Å². The maximum atomic E-state index is 4.09. The molecule has 2 saturated heterocycles. The first-order valence-corrected chi connectivity index (χ1v) is 7.74. The van der Waals surface area contributed by atoms with E-state index >= 15 is 0 Å². The zero-order valence-electron chi connectivity index (χ0n) is 11.9. The van der Waals surface area contributed by atoms with Crippen LogP contribution in [0.4, 0.5) is 0 Å². The summed E-state index contributed by atoms with van der Waals surface area (Å²) in [5.74, 6) is 0. The fraction of sp³-hybridized carbons (Fsp3) is 0.688. The van der Waals surface area contributed by atoms with E-state index in [0.717, 1.165) is 24.5 Å². The van der Waals surface area contributed by atoms with Crippen molar-refractivity contribution in [3.05, 3.63) is 30.1 Å². The monoisotopic (exact) mass is 259 g/mol. The van der Waals surface area contributed by atoms with Gasteiger partial charge in [0.05, 0.1) is 0 Å². The highest BCUT2D eigenvalue weighted by atomic mass is 15.2. The lowest BCUT2D eigenvalue weighted by Crippen LogP contribution is -2.48. The van der Waals surface area contributed by atoms with Crippen LogP contribution in [0.1, 0.15) is 38.2 Å². The van der Waals surface area contributed by atoms with Gasteiger partial charge >= 0.3 is 0 Å². The molecule has 2 unspecified atom stereocenters. The molecule has 3 heteroatoms. The quantitative estimate of drug-likeness (QED) is 0.879. The standard InChI is InChI=1S/C16H25N3/c1-2-19(10-7-13-5-8-17-9-6-13)16-11-14-3-4-15(12-16)18-14/h5-6,8-9,14-16,18H,2-4,7,10-12H2,1H3. The minimum atomic E-state index is 0.790. The van der Waals surface area contributed by atoms with E-state index in [-0.39, 0.29) is 0 Å². The number of hydrogen-bond acceptors (Lipinski definition) is 3. The van der Waals surface area contributed by atoms with Crippen molar-refractivity contribution >= 4 is 0 Å². The topological polar surface area (TPSA) is 28.2 Å². The molecule has 1 N–H and O–H groups in total. The first-order chi connectivity index (χ1) is 9.35. The summed E-state index contributed by atoms with van der Waals surface area (Å²) in [5, 5.41) is 3.74. The molecule has 2 aliphatic heterocycles. The molecule has 3 rings (SSSR count). The van der Waals surface area contributed by atoms with Crippen LogP contribution in [-0.4, -0.2) is 41.1 Å². The molecule has 0 saturated carbocycles. The molecule has 1 aromatic rings. The summed E-state index contributed by atoms with van der Waals surface area (Å²) in [4.78, 5) is 6.78. The Labute approximate surface area is 116 Å². The van der Waals surface area contributed by atoms with Crippen LogP contribution in [-0.2, 0) is 6.42 Å². The van der Waals surface area contributed by atoms with Crippen LogP contribution in [0.2, 0.25) is 0 Å². The summed E-state index contributed by atoms with van der Waals surface area (Å²) in [6, 6.07) is 6.66. The highest BCUT2D eigenvalue weighted by Gasteiger charge is 2.35. The molecular formula is C16H25N3. The lowest BCUT2D eigenvalue weighted by Gasteiger charge is -2.37. The lowest BCUT2D eigenvalue weighted by molar-refractivity contribution is 0.149. The number of hydrogen-bond donors (Lipinski definition) is 1. The number of aromatic nitrogens is 1. The number of fused-ring (bicyclic) bond motifs is 2. The van der Waals surface area contributed by atoms with E-state index < -0.39 is 0 Å². The molecule has 2 fully saturated rings. The van der Waals surface area contributed by atoms with E-state index in [0.29, 0.717) is 0 Å². The van der Waals surface area contributed by atoms with Crippen LogP contribution in [0.15, 0.2) is 24.5 Å². The average molecular weight is 259 g/mol. The van der Waals surface area contributed by atoms with Crippen molar-refractivity contribution in [1.29, 1.82) is 0 Å². The summed E-state index contributed by atoms with van der Waals surface area (Å²) >= 11 is 0. The van der Waals surface area contributed by atoms with Gasteiger partial charge < -0.3 is 10.2 Å². The van der Waals surface area contributed by atoms with Crippen molar-refractivity contribution in [2.45, 2.75) is 57.2 Å². The summed E-state index contributed by atoms with van der Waals surface area (Å²) in [6.07, 6.45) is 10.4. The molecule has 0 radical (unpaired) electrons. The second-order valence-electron chi connectivity index (χ2n) is 6.00. The summed E-state index contributed by atoms with van der Waals surface area (Å²) in [5.41, 5.74) is 1.41. The molecule has 104 valence electrons. The predicted octanol–water partition coefficient (Wildman–Crippen LogP) is 2.23. The Bertz CT molecular complexity index is 380. The highest BCUT2D eigenvalue weighted by molar-refractivity contribution is 5.10. The van der Waals surface area contributed by atoms with Crippen molar-refractivity contribution in [2.24, 2.45) is 0 Å². The molecule has 2 aliphatic rings. The van der Waals surface area contributed by atoms with Crippen LogP contribution in [0.5, 0.6) is 0 Å². The maximum absolute atomic E-state index is 4.09. The first-order valence-electron chi connectivity index (χ1n) is 7.74. The predicted molar refractivity (Wildman–Crippen MR) is 78.2 cm³/mol. The fourth-order valence-electron chi connectivity index (χ4n) is 3.75. The van der Waals surface area contributed by atoms with Crippen LogP contribution in [0.3, 0.4) is 0 Å². The second-order valence-corrected chi connectivity index (χ2v) is 6.00. The van der Waals surface area contributed by atoms with Gasteiger partial charge in [-0.3, -0.25) is 4.98 Å². The molecule has 3 nitrogen and oxygen atoms in total. The molecule has 19 heavy (non-hydrogen) atoms. The Hall–Kier alpha value is -0.930. The van der Waals surface area contributed by atoms with Gasteiger partial charge in [0.15, 0.2) is 0 Å². The summed E-state index contributed by atoms with van der Waals surface area (Å²) in [6.45, 7) is 4.66. The Morgan fingerprint density at radius 2 is 1.89 bits per heavy atom. The molecule has 0 aromatic carbocycles. The number of pyridine rings is 1. The van der Waals surface area contributed by atoms with Gasteiger partial charge in [0.2, 0.25) is 0 Å². The van der Waals surface area contributed by atoms with Crippen LogP contribution in [0, 0.1) is 0 Å². The third-order valence-electron chi connectivity index (χ3n) is 4.81. The number of likely N-dealkylation sites (N-methyl/N-ethyl adjacent to an activating group) is 1. The van der Waals surface area contributed by atoms with Gasteiger partial charge in [-0.15, -0.1) is 0 Å². The number of piperidine rings is 1. The number of nitrogens with zero attached hydrogens (tertiary/aromatic N) is 2. The van der Waals surface area contributed by atoms with Gasteiger partial charge in [-0.05, 0) is 56.3 Å². The maximum Gasteiger partial charge on any atom is 0.0270 e. The van der Waals surface area contributed by atoms with Gasteiger partial charge in [-0.1, -0.05) is 6.92 Å². The van der Waals surface area contributed by atoms with Gasteiger partial charge in [-0.2, -0.15) is 0 Å². The Kier molecular flexibility index (Phi) is 4.14. The van der Waals surface area contributed by atoms with Crippen LogP contribution >= 0.6 is 0 Å². The van der Waals surface area contributed by atoms with Gasteiger partial charge in [0.25, 0.3) is 0 Å². The number of rotatable bonds is 5. The van der Waals surface area contributed by atoms with Crippen LogP contribution < -0.4 is 5.32 Å². The van der Waals surface area contributed by atoms with Gasteiger partial charge in [-0.25, -0.2) is 0 Å². The molecule has 0 amide bonds. The molecule has 0 aliphatic carbocycles.